The summed E-state index contributed by atoms with van der Waals surface area (Å²) in [4.78, 5) is 11.2. The summed E-state index contributed by atoms with van der Waals surface area (Å²) in [5.41, 5.74) is 5.82. The highest BCUT2D eigenvalue weighted by Gasteiger charge is 2.21. The molecule has 0 heterocycles. The van der Waals surface area contributed by atoms with Gasteiger partial charge in [0.05, 0.1) is 0 Å². The second-order valence-electron chi connectivity index (χ2n) is 3.86. The van der Waals surface area contributed by atoms with Crippen LogP contribution in [0.4, 0.5) is 0 Å². The Kier molecular flexibility index (Phi) is 1.57. The van der Waals surface area contributed by atoms with Gasteiger partial charge in [-0.25, -0.2) is 0 Å². The molecule has 1 heteroatoms. The van der Waals surface area contributed by atoms with Crippen molar-refractivity contribution in [2.75, 3.05) is 0 Å². The van der Waals surface area contributed by atoms with E-state index in [0.717, 1.165) is 5.56 Å². The molecule has 0 bridgehead atoms. The quantitative estimate of drug-likeness (QED) is 0.541. The molecule has 0 aromatic heterocycles. The first-order valence-corrected chi connectivity index (χ1v) is 5.02. The van der Waals surface area contributed by atoms with Gasteiger partial charge in [0, 0.05) is 5.56 Å². The predicted octanol–water partition coefficient (Wildman–Crippen LogP) is 3.54. The average molecular weight is 194 g/mol. The summed E-state index contributed by atoms with van der Waals surface area (Å²) in [5, 5.41) is 0. The summed E-state index contributed by atoms with van der Waals surface area (Å²) >= 11 is 0. The van der Waals surface area contributed by atoms with Crippen molar-refractivity contribution in [2.45, 2.75) is 6.92 Å². The van der Waals surface area contributed by atoms with Gasteiger partial charge in [0.15, 0.2) is 5.78 Å². The standard InChI is InChI=1S/C14H10O/c1-9(15)10-6-7-13-11-4-2-3-5-12(11)14(13)8-10/h2-8H,1H3. The van der Waals surface area contributed by atoms with Gasteiger partial charge in [-0.3, -0.25) is 4.79 Å². The Morgan fingerprint density at radius 2 is 1.47 bits per heavy atom. The zero-order chi connectivity index (χ0) is 10.4. The van der Waals surface area contributed by atoms with Crippen LogP contribution in [0.5, 0.6) is 0 Å². The Bertz CT molecular complexity index is 567. The molecule has 0 saturated heterocycles. The second kappa shape index (κ2) is 2.80. The Labute approximate surface area is 88.4 Å². The molecule has 0 atom stereocenters. The first kappa shape index (κ1) is 8.42. The SMILES string of the molecule is CC(=O)c1ccc2c(c1)-c1ccccc1-2. The molecule has 1 nitrogen and oxygen atoms in total. The maximum atomic E-state index is 11.2. The van der Waals surface area contributed by atoms with Gasteiger partial charge < -0.3 is 0 Å². The second-order valence-corrected chi connectivity index (χ2v) is 3.86. The summed E-state index contributed by atoms with van der Waals surface area (Å²) in [5.74, 6) is 0.127. The van der Waals surface area contributed by atoms with Gasteiger partial charge in [-0.1, -0.05) is 36.4 Å². The number of carbonyl (C=O) groups is 1. The summed E-state index contributed by atoms with van der Waals surface area (Å²) in [6, 6.07) is 14.2. The molecule has 0 amide bonds. The van der Waals surface area contributed by atoms with E-state index in [2.05, 4.69) is 12.1 Å². The van der Waals surface area contributed by atoms with Crippen molar-refractivity contribution in [2.24, 2.45) is 0 Å². The Balaban J connectivity index is 2.19. The average Bonchev–Trinajstić information content (AvgIpc) is 2.25. The van der Waals surface area contributed by atoms with Crippen molar-refractivity contribution in [3.63, 3.8) is 0 Å². The lowest BCUT2D eigenvalue weighted by Gasteiger charge is -2.23. The smallest absolute Gasteiger partial charge is 0.159 e. The molecule has 2 aromatic rings. The molecule has 3 rings (SSSR count). The van der Waals surface area contributed by atoms with E-state index < -0.39 is 0 Å². The van der Waals surface area contributed by atoms with E-state index in [1.54, 1.807) is 6.92 Å². The highest BCUT2D eigenvalue weighted by Crippen LogP contribution is 2.46. The maximum Gasteiger partial charge on any atom is 0.159 e. The third-order valence-corrected chi connectivity index (χ3v) is 2.93. The van der Waals surface area contributed by atoms with Crippen LogP contribution in [-0.4, -0.2) is 5.78 Å². The predicted molar refractivity (Wildman–Crippen MR) is 60.9 cm³/mol. The molecule has 0 N–H and O–H groups in total. The first-order chi connectivity index (χ1) is 7.27. The Morgan fingerprint density at radius 1 is 0.867 bits per heavy atom. The van der Waals surface area contributed by atoms with Crippen molar-refractivity contribution in [3.8, 4) is 22.3 Å². The number of hydrogen-bond acceptors (Lipinski definition) is 1. The molecule has 0 unspecified atom stereocenters. The molecule has 0 fully saturated rings. The van der Waals surface area contributed by atoms with Crippen LogP contribution in [0.3, 0.4) is 0 Å². The van der Waals surface area contributed by atoms with Crippen LogP contribution >= 0.6 is 0 Å². The zero-order valence-corrected chi connectivity index (χ0v) is 8.45. The fraction of sp³-hybridized carbons (Fsp3) is 0.0714. The summed E-state index contributed by atoms with van der Waals surface area (Å²) in [7, 11) is 0. The van der Waals surface area contributed by atoms with Gasteiger partial charge in [0.25, 0.3) is 0 Å². The number of rotatable bonds is 1. The van der Waals surface area contributed by atoms with Crippen LogP contribution in [0.1, 0.15) is 17.3 Å². The number of fused-ring (bicyclic) bond motifs is 4. The fourth-order valence-electron chi connectivity index (χ4n) is 2.11. The molecular weight excluding hydrogens is 184 g/mol. The van der Waals surface area contributed by atoms with E-state index in [9.17, 15) is 4.79 Å². The monoisotopic (exact) mass is 194 g/mol. The van der Waals surface area contributed by atoms with Crippen molar-refractivity contribution in [1.29, 1.82) is 0 Å². The van der Waals surface area contributed by atoms with Crippen LogP contribution in [0.25, 0.3) is 22.3 Å². The lowest BCUT2D eigenvalue weighted by atomic mass is 9.80. The van der Waals surface area contributed by atoms with Crippen molar-refractivity contribution >= 4 is 5.78 Å². The van der Waals surface area contributed by atoms with E-state index in [0.29, 0.717) is 0 Å². The molecule has 72 valence electrons. The van der Waals surface area contributed by atoms with Crippen LogP contribution in [0.15, 0.2) is 42.5 Å². The lowest BCUT2D eigenvalue weighted by molar-refractivity contribution is 0.101. The van der Waals surface area contributed by atoms with Crippen molar-refractivity contribution in [1.82, 2.24) is 0 Å². The first-order valence-electron chi connectivity index (χ1n) is 5.02. The van der Waals surface area contributed by atoms with E-state index in [1.807, 2.05) is 30.3 Å². The van der Waals surface area contributed by atoms with E-state index in [-0.39, 0.29) is 5.78 Å². The van der Waals surface area contributed by atoms with Gasteiger partial charge in [-0.15, -0.1) is 0 Å². The van der Waals surface area contributed by atoms with Crippen LogP contribution in [0.2, 0.25) is 0 Å². The molecule has 0 radical (unpaired) electrons. The molecule has 1 aliphatic rings. The zero-order valence-electron chi connectivity index (χ0n) is 8.45. The van der Waals surface area contributed by atoms with E-state index in [4.69, 9.17) is 0 Å². The normalized spacial score (nSPS) is 11.3. The van der Waals surface area contributed by atoms with Crippen molar-refractivity contribution in [3.05, 3.63) is 48.0 Å². The molecular formula is C14H10O. The van der Waals surface area contributed by atoms with E-state index >= 15 is 0 Å². The largest absolute Gasteiger partial charge is 0.295 e. The van der Waals surface area contributed by atoms with Crippen molar-refractivity contribution < 1.29 is 4.79 Å². The molecule has 1 aliphatic carbocycles. The number of hydrogen-bond donors (Lipinski definition) is 0. The number of carbonyl (C=O) groups excluding carboxylic acids is 1. The highest BCUT2D eigenvalue weighted by molar-refractivity contribution is 6.05. The van der Waals surface area contributed by atoms with Crippen LogP contribution in [0, 0.1) is 0 Å². The van der Waals surface area contributed by atoms with Gasteiger partial charge in [0.2, 0.25) is 0 Å². The topological polar surface area (TPSA) is 17.1 Å². The minimum absolute atomic E-state index is 0.127. The summed E-state index contributed by atoms with van der Waals surface area (Å²) in [6.45, 7) is 1.60. The molecule has 0 saturated carbocycles. The molecule has 0 aliphatic heterocycles. The number of Topliss-reactive ketones (excluding diaryl/α,β-unsaturated/α-hetero) is 1. The van der Waals surface area contributed by atoms with Gasteiger partial charge in [0.1, 0.15) is 0 Å². The minimum Gasteiger partial charge on any atom is -0.295 e. The number of benzene rings is 2. The van der Waals surface area contributed by atoms with Gasteiger partial charge in [-0.2, -0.15) is 0 Å². The van der Waals surface area contributed by atoms with Crippen LogP contribution in [-0.2, 0) is 0 Å². The molecule has 2 aromatic carbocycles. The summed E-state index contributed by atoms with van der Waals surface area (Å²) in [6.07, 6.45) is 0. The lowest BCUT2D eigenvalue weighted by Crippen LogP contribution is -2.01. The molecule has 15 heavy (non-hydrogen) atoms. The Hall–Kier alpha value is -1.89. The van der Waals surface area contributed by atoms with E-state index in [1.165, 1.54) is 22.3 Å². The third-order valence-electron chi connectivity index (χ3n) is 2.93. The fourth-order valence-corrected chi connectivity index (χ4v) is 2.11. The minimum atomic E-state index is 0.127. The van der Waals surface area contributed by atoms with Gasteiger partial charge >= 0.3 is 0 Å². The summed E-state index contributed by atoms with van der Waals surface area (Å²) < 4.78 is 0. The molecule has 0 spiro atoms. The number of ketones is 1. The van der Waals surface area contributed by atoms with Crippen LogP contribution < -0.4 is 0 Å². The third kappa shape index (κ3) is 1.06. The Morgan fingerprint density at radius 3 is 2.13 bits per heavy atom. The maximum absolute atomic E-state index is 11.2. The van der Waals surface area contributed by atoms with Gasteiger partial charge in [-0.05, 0) is 35.2 Å². The highest BCUT2D eigenvalue weighted by atomic mass is 16.1.